The minimum Gasteiger partial charge on any atom is -0.389 e. The number of nitrogens with zero attached hydrogens (tertiary/aromatic N) is 1. The van der Waals surface area contributed by atoms with E-state index in [0.29, 0.717) is 31.6 Å². The molecule has 5 heteroatoms. The number of hydrogen-bond donors (Lipinski definition) is 3. The summed E-state index contributed by atoms with van der Waals surface area (Å²) in [5, 5.41) is 28.5. The average molecular weight is 255 g/mol. The van der Waals surface area contributed by atoms with Crippen LogP contribution in [0, 0.1) is 5.82 Å². The molecular formula is C13H18FNO3. The fourth-order valence-electron chi connectivity index (χ4n) is 2.24. The van der Waals surface area contributed by atoms with Gasteiger partial charge in [0.05, 0.1) is 12.2 Å². The predicted octanol–water partition coefficient (Wildman–Crippen LogP) is -0.234. The van der Waals surface area contributed by atoms with E-state index in [9.17, 15) is 19.7 Å². The summed E-state index contributed by atoms with van der Waals surface area (Å²) in [6.45, 7) is 1.14. The maximum absolute atomic E-state index is 13.4. The molecule has 0 spiro atoms. The summed E-state index contributed by atoms with van der Waals surface area (Å²) in [7, 11) is 0. The molecule has 0 bridgehead atoms. The largest absolute Gasteiger partial charge is 0.389 e. The highest BCUT2D eigenvalue weighted by molar-refractivity contribution is 5.17. The number of rotatable bonds is 3. The van der Waals surface area contributed by atoms with Crippen molar-refractivity contribution in [2.75, 3.05) is 19.6 Å². The van der Waals surface area contributed by atoms with Gasteiger partial charge in [0.15, 0.2) is 0 Å². The first-order valence-electron chi connectivity index (χ1n) is 6.08. The molecule has 1 aliphatic rings. The molecule has 1 heterocycles. The topological polar surface area (TPSA) is 63.9 Å². The Labute approximate surface area is 105 Å². The lowest BCUT2D eigenvalue weighted by atomic mass is 10.0. The number of hydrogen-bond acceptors (Lipinski definition) is 4. The van der Waals surface area contributed by atoms with Crippen LogP contribution in [0.2, 0.25) is 0 Å². The first kappa shape index (κ1) is 13.4. The van der Waals surface area contributed by atoms with Crippen molar-refractivity contribution in [1.82, 2.24) is 4.90 Å². The molecular weight excluding hydrogens is 237 g/mol. The number of β-amino-alcohol motifs (C(OH)–C–C–N with tert-alkyl or cyclic N) is 2. The van der Waals surface area contributed by atoms with Crippen molar-refractivity contribution in [3.8, 4) is 0 Å². The van der Waals surface area contributed by atoms with Crippen LogP contribution in [0.1, 0.15) is 5.56 Å². The van der Waals surface area contributed by atoms with Gasteiger partial charge in [-0.05, 0) is 18.1 Å². The maximum atomic E-state index is 13.4. The van der Waals surface area contributed by atoms with E-state index in [0.717, 1.165) is 0 Å². The second-order valence-electron chi connectivity index (χ2n) is 4.73. The molecule has 0 aromatic heterocycles. The highest BCUT2D eigenvalue weighted by Gasteiger charge is 2.32. The van der Waals surface area contributed by atoms with Gasteiger partial charge in [0.2, 0.25) is 0 Å². The van der Waals surface area contributed by atoms with Gasteiger partial charge in [0, 0.05) is 19.6 Å². The molecule has 1 aliphatic heterocycles. The van der Waals surface area contributed by atoms with Gasteiger partial charge in [-0.15, -0.1) is 0 Å². The average Bonchev–Trinajstić information content (AvgIpc) is 2.35. The highest BCUT2D eigenvalue weighted by Crippen LogP contribution is 2.14. The van der Waals surface area contributed by atoms with E-state index >= 15 is 0 Å². The van der Waals surface area contributed by atoms with E-state index in [1.54, 1.807) is 18.2 Å². The monoisotopic (exact) mass is 255 g/mol. The zero-order chi connectivity index (χ0) is 13.1. The lowest BCUT2D eigenvalue weighted by Crippen LogP contribution is -2.55. The van der Waals surface area contributed by atoms with E-state index in [1.165, 1.54) is 6.07 Å². The lowest BCUT2D eigenvalue weighted by molar-refractivity contribution is -0.109. The van der Waals surface area contributed by atoms with E-state index in [2.05, 4.69) is 0 Å². The van der Waals surface area contributed by atoms with Crippen LogP contribution in [0.15, 0.2) is 24.3 Å². The van der Waals surface area contributed by atoms with Crippen molar-refractivity contribution in [1.29, 1.82) is 0 Å². The third kappa shape index (κ3) is 3.05. The number of likely N-dealkylation sites (tertiary alicyclic amines) is 1. The fraction of sp³-hybridized carbons (Fsp3) is 0.538. The molecule has 1 aromatic rings. The van der Waals surface area contributed by atoms with E-state index in [1.807, 2.05) is 4.90 Å². The van der Waals surface area contributed by atoms with Gasteiger partial charge < -0.3 is 15.3 Å². The Hall–Kier alpha value is -1.01. The van der Waals surface area contributed by atoms with E-state index < -0.39 is 18.3 Å². The molecule has 1 aromatic carbocycles. The second-order valence-corrected chi connectivity index (χ2v) is 4.73. The number of halogens is 1. The summed E-state index contributed by atoms with van der Waals surface area (Å²) in [6, 6.07) is 6.56. The Morgan fingerprint density at radius 1 is 1.11 bits per heavy atom. The molecule has 3 atom stereocenters. The van der Waals surface area contributed by atoms with Crippen LogP contribution < -0.4 is 0 Å². The van der Waals surface area contributed by atoms with Gasteiger partial charge in [-0.2, -0.15) is 0 Å². The van der Waals surface area contributed by atoms with Crippen molar-refractivity contribution in [3.05, 3.63) is 35.6 Å². The number of aliphatic hydroxyl groups excluding tert-OH is 3. The Kier molecular flexibility index (Phi) is 4.29. The van der Waals surface area contributed by atoms with Crippen LogP contribution in [0.3, 0.4) is 0 Å². The summed E-state index contributed by atoms with van der Waals surface area (Å²) in [4.78, 5) is 1.83. The first-order chi connectivity index (χ1) is 8.58. The lowest BCUT2D eigenvalue weighted by Gasteiger charge is -2.36. The SMILES string of the molecule is OC1[C@H](O)CN(CCc2ccccc2F)C[C@@H]1O. The Morgan fingerprint density at radius 2 is 1.72 bits per heavy atom. The molecule has 1 unspecified atom stereocenters. The van der Waals surface area contributed by atoms with Gasteiger partial charge in [-0.3, -0.25) is 4.90 Å². The quantitative estimate of drug-likeness (QED) is 0.698. The van der Waals surface area contributed by atoms with Crippen LogP contribution >= 0.6 is 0 Å². The minimum atomic E-state index is -1.09. The molecule has 0 aliphatic carbocycles. The van der Waals surface area contributed by atoms with Gasteiger partial charge in [-0.25, -0.2) is 4.39 Å². The zero-order valence-electron chi connectivity index (χ0n) is 10.0. The summed E-state index contributed by atoms with van der Waals surface area (Å²) in [6.07, 6.45) is -2.47. The molecule has 18 heavy (non-hydrogen) atoms. The van der Waals surface area contributed by atoms with Crippen LogP contribution in [0.25, 0.3) is 0 Å². The molecule has 1 saturated heterocycles. The smallest absolute Gasteiger partial charge is 0.126 e. The van der Waals surface area contributed by atoms with Crippen LogP contribution in [0.4, 0.5) is 4.39 Å². The van der Waals surface area contributed by atoms with Crippen LogP contribution in [-0.4, -0.2) is 58.2 Å². The fourth-order valence-corrected chi connectivity index (χ4v) is 2.24. The predicted molar refractivity (Wildman–Crippen MR) is 64.6 cm³/mol. The highest BCUT2D eigenvalue weighted by atomic mass is 19.1. The Balaban J connectivity index is 1.89. The van der Waals surface area contributed by atoms with Gasteiger partial charge in [-0.1, -0.05) is 18.2 Å². The molecule has 2 rings (SSSR count). The van der Waals surface area contributed by atoms with Crippen molar-refractivity contribution in [2.45, 2.75) is 24.7 Å². The third-order valence-electron chi connectivity index (χ3n) is 3.33. The van der Waals surface area contributed by atoms with E-state index in [4.69, 9.17) is 0 Å². The van der Waals surface area contributed by atoms with Gasteiger partial charge >= 0.3 is 0 Å². The van der Waals surface area contributed by atoms with Gasteiger partial charge in [0.25, 0.3) is 0 Å². The summed E-state index contributed by atoms with van der Waals surface area (Å²) < 4.78 is 13.4. The third-order valence-corrected chi connectivity index (χ3v) is 3.33. The van der Waals surface area contributed by atoms with Crippen molar-refractivity contribution in [2.24, 2.45) is 0 Å². The first-order valence-corrected chi connectivity index (χ1v) is 6.08. The van der Waals surface area contributed by atoms with E-state index in [-0.39, 0.29) is 5.82 Å². The summed E-state index contributed by atoms with van der Waals surface area (Å²) in [5.41, 5.74) is 0.618. The zero-order valence-corrected chi connectivity index (χ0v) is 10.0. The minimum absolute atomic E-state index is 0.240. The number of aliphatic hydroxyl groups is 3. The normalized spacial score (nSPS) is 29.4. The number of benzene rings is 1. The van der Waals surface area contributed by atoms with Crippen molar-refractivity contribution in [3.63, 3.8) is 0 Å². The van der Waals surface area contributed by atoms with Crippen molar-refractivity contribution < 1.29 is 19.7 Å². The Morgan fingerprint density at radius 3 is 2.33 bits per heavy atom. The molecule has 4 nitrogen and oxygen atoms in total. The van der Waals surface area contributed by atoms with Crippen LogP contribution in [-0.2, 0) is 6.42 Å². The summed E-state index contributed by atoms with van der Waals surface area (Å²) in [5.74, 6) is -0.240. The Bertz CT molecular complexity index is 390. The molecule has 1 fully saturated rings. The number of piperidine rings is 1. The molecule has 0 radical (unpaired) electrons. The van der Waals surface area contributed by atoms with Gasteiger partial charge in [0.1, 0.15) is 11.9 Å². The second kappa shape index (κ2) is 5.75. The standard InChI is InChI=1S/C13H18FNO3/c14-10-4-2-1-3-9(10)5-6-15-7-11(16)13(18)12(17)8-15/h1-4,11-13,16-18H,5-8H2/t11-,12+,13?. The molecule has 0 saturated carbocycles. The van der Waals surface area contributed by atoms with Crippen LogP contribution in [0.5, 0.6) is 0 Å². The molecule has 0 amide bonds. The summed E-state index contributed by atoms with van der Waals surface area (Å²) >= 11 is 0. The van der Waals surface area contributed by atoms with Crippen molar-refractivity contribution >= 4 is 0 Å². The maximum Gasteiger partial charge on any atom is 0.126 e. The molecule has 100 valence electrons. The molecule has 3 N–H and O–H groups in total.